The number of carbonyl (C=O) groups excluding carboxylic acids is 1. The van der Waals surface area contributed by atoms with Crippen molar-refractivity contribution in [3.63, 3.8) is 0 Å². The van der Waals surface area contributed by atoms with Crippen molar-refractivity contribution in [2.24, 2.45) is 0 Å². The van der Waals surface area contributed by atoms with Gasteiger partial charge in [-0.1, -0.05) is 57.5 Å². The third-order valence-electron chi connectivity index (χ3n) is 5.73. The maximum Gasteiger partial charge on any atom is 0.210 e. The average molecular weight is 441 g/mol. The van der Waals surface area contributed by atoms with Crippen molar-refractivity contribution < 1.29 is 4.79 Å². The molecule has 0 aliphatic carbocycles. The molecule has 1 aromatic carbocycles. The Morgan fingerprint density at radius 1 is 0.871 bits per heavy atom. The van der Waals surface area contributed by atoms with Crippen LogP contribution in [0.5, 0.6) is 0 Å². The second kappa shape index (κ2) is 12.7. The molecule has 0 spiro atoms. The van der Waals surface area contributed by atoms with Crippen LogP contribution >= 0.6 is 12.4 Å². The molecule has 0 unspecified atom stereocenters. The number of hydrogen-bond donors (Lipinski definition) is 0. The first-order valence-corrected chi connectivity index (χ1v) is 11.6. The summed E-state index contributed by atoms with van der Waals surface area (Å²) in [4.78, 5) is 15.9. The van der Waals surface area contributed by atoms with E-state index >= 15 is 0 Å². The number of carbonyl (C=O) groups is 1. The highest BCUT2D eigenvalue weighted by atomic mass is 35.5. The van der Waals surface area contributed by atoms with E-state index in [-0.39, 0.29) is 18.2 Å². The number of aryl methyl sites for hydroxylation is 2. The monoisotopic (exact) mass is 440 g/mol. The zero-order valence-electron chi connectivity index (χ0n) is 19.3. The molecule has 0 amide bonds. The Morgan fingerprint density at radius 3 is 2.23 bits per heavy atom. The van der Waals surface area contributed by atoms with Gasteiger partial charge in [-0.05, 0) is 81.1 Å². The maximum atomic E-state index is 13.3. The lowest BCUT2D eigenvalue weighted by molar-refractivity contribution is 0.103. The fourth-order valence-electron chi connectivity index (χ4n) is 4.33. The van der Waals surface area contributed by atoms with Crippen molar-refractivity contribution in [2.45, 2.75) is 59.3 Å². The van der Waals surface area contributed by atoms with Gasteiger partial charge in [0.15, 0.2) is 0 Å². The molecule has 0 atom stereocenters. The van der Waals surface area contributed by atoms with Gasteiger partial charge < -0.3 is 9.30 Å². The minimum absolute atomic E-state index is 0. The predicted octanol–water partition coefficient (Wildman–Crippen LogP) is 6.60. The van der Waals surface area contributed by atoms with Gasteiger partial charge in [-0.15, -0.1) is 12.4 Å². The predicted molar refractivity (Wildman–Crippen MR) is 134 cm³/mol. The highest BCUT2D eigenvalue weighted by Gasteiger charge is 2.18. The van der Waals surface area contributed by atoms with Crippen molar-refractivity contribution in [1.29, 1.82) is 0 Å². The summed E-state index contributed by atoms with van der Waals surface area (Å²) in [5.74, 6) is 0.119. The number of rotatable bonds is 12. The molecular formula is C27H37ClN2O. The smallest absolute Gasteiger partial charge is 0.210 e. The largest absolute Gasteiger partial charge is 0.313 e. The lowest BCUT2D eigenvalue weighted by atomic mass is 10.0. The van der Waals surface area contributed by atoms with Crippen LogP contribution in [-0.2, 0) is 12.8 Å². The van der Waals surface area contributed by atoms with Gasteiger partial charge in [0.05, 0.1) is 5.69 Å². The second-order valence-electron chi connectivity index (χ2n) is 8.23. The Bertz CT molecular complexity index is 940. The average Bonchev–Trinajstić information content (AvgIpc) is 3.12. The van der Waals surface area contributed by atoms with Crippen molar-refractivity contribution in [3.8, 4) is 0 Å². The van der Waals surface area contributed by atoms with Crippen LogP contribution < -0.4 is 0 Å². The molecule has 0 aliphatic heterocycles. The molecule has 2 heterocycles. The van der Waals surface area contributed by atoms with Gasteiger partial charge in [-0.3, -0.25) is 4.79 Å². The first kappa shape index (κ1) is 25.2. The van der Waals surface area contributed by atoms with Crippen LogP contribution in [0, 0.1) is 0 Å². The molecule has 3 rings (SSSR count). The molecule has 0 fully saturated rings. The standard InChI is InChI=1S/C27H36N2O.ClH/c1-4-10-24-21-25-12-7-8-20-29(25)26(24)27(30)23-15-13-22(14-16-23)11-9-19-28(17-5-2)18-6-3;/h7-8,12-16,20-21H,4-6,9-11,17-19H2,1-3H3;1H. The van der Waals surface area contributed by atoms with Gasteiger partial charge in [-0.25, -0.2) is 0 Å². The number of ketones is 1. The van der Waals surface area contributed by atoms with Gasteiger partial charge in [0.1, 0.15) is 0 Å². The summed E-state index contributed by atoms with van der Waals surface area (Å²) in [6.07, 6.45) is 8.60. The number of nitrogens with zero attached hydrogens (tertiary/aromatic N) is 2. The molecule has 168 valence electrons. The number of aromatic nitrogens is 1. The van der Waals surface area contributed by atoms with E-state index < -0.39 is 0 Å². The molecule has 0 saturated carbocycles. The van der Waals surface area contributed by atoms with Crippen LogP contribution in [0.2, 0.25) is 0 Å². The molecule has 2 aromatic heterocycles. The Hall–Kier alpha value is -2.10. The highest BCUT2D eigenvalue weighted by molar-refractivity contribution is 6.09. The Balaban J connectivity index is 0.00000341. The normalized spacial score (nSPS) is 11.1. The summed E-state index contributed by atoms with van der Waals surface area (Å²) in [5.41, 5.74) is 5.14. The van der Waals surface area contributed by atoms with E-state index in [2.05, 4.69) is 49.9 Å². The summed E-state index contributed by atoms with van der Waals surface area (Å²) in [7, 11) is 0. The van der Waals surface area contributed by atoms with Crippen molar-refractivity contribution in [1.82, 2.24) is 9.30 Å². The van der Waals surface area contributed by atoms with E-state index in [0.29, 0.717) is 0 Å². The topological polar surface area (TPSA) is 24.7 Å². The summed E-state index contributed by atoms with van der Waals surface area (Å²) >= 11 is 0. The summed E-state index contributed by atoms with van der Waals surface area (Å²) in [6, 6.07) is 16.5. The quantitative estimate of drug-likeness (QED) is 0.296. The van der Waals surface area contributed by atoms with Gasteiger partial charge >= 0.3 is 0 Å². The fourth-order valence-corrected chi connectivity index (χ4v) is 4.33. The lowest BCUT2D eigenvalue weighted by Gasteiger charge is -2.20. The number of benzene rings is 1. The first-order chi connectivity index (χ1) is 14.7. The summed E-state index contributed by atoms with van der Waals surface area (Å²) in [6.45, 7) is 10.2. The van der Waals surface area contributed by atoms with E-state index in [0.717, 1.165) is 54.6 Å². The fraction of sp³-hybridized carbons (Fsp3) is 0.444. The lowest BCUT2D eigenvalue weighted by Crippen LogP contribution is -2.26. The second-order valence-corrected chi connectivity index (χ2v) is 8.23. The molecule has 3 aromatic rings. The molecule has 0 saturated heterocycles. The Labute approximate surface area is 193 Å². The molecule has 0 radical (unpaired) electrons. The van der Waals surface area contributed by atoms with Crippen molar-refractivity contribution >= 4 is 23.7 Å². The van der Waals surface area contributed by atoms with Crippen LogP contribution in [0.15, 0.2) is 54.7 Å². The van der Waals surface area contributed by atoms with Crippen LogP contribution in [0.3, 0.4) is 0 Å². The molecule has 31 heavy (non-hydrogen) atoms. The van der Waals surface area contributed by atoms with E-state index in [9.17, 15) is 4.79 Å². The molecule has 0 bridgehead atoms. The zero-order chi connectivity index (χ0) is 21.3. The first-order valence-electron chi connectivity index (χ1n) is 11.6. The number of hydrogen-bond acceptors (Lipinski definition) is 2. The molecule has 3 nitrogen and oxygen atoms in total. The third kappa shape index (κ3) is 6.44. The van der Waals surface area contributed by atoms with Crippen LogP contribution in [-0.4, -0.2) is 34.7 Å². The van der Waals surface area contributed by atoms with Crippen LogP contribution in [0.1, 0.15) is 73.6 Å². The molecular weight excluding hydrogens is 404 g/mol. The maximum absolute atomic E-state index is 13.3. The van der Waals surface area contributed by atoms with Gasteiger partial charge in [-0.2, -0.15) is 0 Å². The van der Waals surface area contributed by atoms with Crippen LogP contribution in [0.4, 0.5) is 0 Å². The third-order valence-corrected chi connectivity index (χ3v) is 5.73. The molecule has 0 aliphatic rings. The zero-order valence-corrected chi connectivity index (χ0v) is 20.1. The van der Waals surface area contributed by atoms with E-state index in [1.54, 1.807) is 0 Å². The van der Waals surface area contributed by atoms with Gasteiger partial charge in [0.2, 0.25) is 5.78 Å². The van der Waals surface area contributed by atoms with E-state index in [1.165, 1.54) is 31.5 Å². The Kier molecular flexibility index (Phi) is 10.3. The van der Waals surface area contributed by atoms with Gasteiger partial charge in [0, 0.05) is 17.3 Å². The van der Waals surface area contributed by atoms with Crippen LogP contribution in [0.25, 0.3) is 5.52 Å². The van der Waals surface area contributed by atoms with E-state index in [4.69, 9.17) is 0 Å². The number of pyridine rings is 1. The minimum Gasteiger partial charge on any atom is -0.313 e. The summed E-state index contributed by atoms with van der Waals surface area (Å²) < 4.78 is 2.04. The van der Waals surface area contributed by atoms with Crippen molar-refractivity contribution in [3.05, 3.63) is 77.1 Å². The number of fused-ring (bicyclic) bond motifs is 1. The summed E-state index contributed by atoms with van der Waals surface area (Å²) in [5, 5.41) is 0. The highest BCUT2D eigenvalue weighted by Crippen LogP contribution is 2.22. The molecule has 0 N–H and O–H groups in total. The van der Waals surface area contributed by atoms with E-state index in [1.807, 2.05) is 34.9 Å². The van der Waals surface area contributed by atoms with Gasteiger partial charge in [0.25, 0.3) is 0 Å². The van der Waals surface area contributed by atoms with Crippen molar-refractivity contribution in [2.75, 3.05) is 19.6 Å². The SMILES string of the molecule is CCCc1cc2ccccn2c1C(=O)c1ccc(CCCN(CCC)CCC)cc1.Cl. The number of halogens is 1. The molecule has 4 heteroatoms. The minimum atomic E-state index is 0. The Morgan fingerprint density at radius 2 is 1.58 bits per heavy atom.